The Balaban J connectivity index is 1.68. The molecule has 5 heteroatoms. The van der Waals surface area contributed by atoms with Crippen molar-refractivity contribution in [2.75, 3.05) is 5.32 Å². The first-order chi connectivity index (χ1) is 13.0. The van der Waals surface area contributed by atoms with Crippen LogP contribution in [-0.4, -0.2) is 11.8 Å². The van der Waals surface area contributed by atoms with Crippen LogP contribution in [0.15, 0.2) is 36.4 Å². The summed E-state index contributed by atoms with van der Waals surface area (Å²) < 4.78 is 0. The maximum Gasteiger partial charge on any atom is 0.313 e. The molecule has 0 aliphatic heterocycles. The Bertz CT molecular complexity index is 863. The van der Waals surface area contributed by atoms with Gasteiger partial charge in [0.1, 0.15) is 0 Å². The highest BCUT2D eigenvalue weighted by molar-refractivity contribution is 6.39. The molecule has 0 bridgehead atoms. The molecule has 1 aliphatic rings. The highest BCUT2D eigenvalue weighted by atomic mass is 35.5. The maximum atomic E-state index is 12.4. The van der Waals surface area contributed by atoms with Gasteiger partial charge >= 0.3 is 11.8 Å². The van der Waals surface area contributed by atoms with Crippen molar-refractivity contribution in [3.8, 4) is 0 Å². The number of rotatable bonds is 4. The van der Waals surface area contributed by atoms with E-state index in [9.17, 15) is 9.59 Å². The van der Waals surface area contributed by atoms with Gasteiger partial charge in [-0.05, 0) is 79.5 Å². The second-order valence-electron chi connectivity index (χ2n) is 7.08. The fourth-order valence-corrected chi connectivity index (χ4v) is 3.79. The Morgan fingerprint density at radius 2 is 1.78 bits per heavy atom. The van der Waals surface area contributed by atoms with Crippen LogP contribution in [0.1, 0.15) is 54.5 Å². The van der Waals surface area contributed by atoms with Gasteiger partial charge in [0.25, 0.3) is 0 Å². The number of nitrogens with one attached hydrogen (secondary N) is 2. The molecule has 0 heterocycles. The zero-order valence-electron chi connectivity index (χ0n) is 15.8. The predicted octanol–water partition coefficient (Wildman–Crippen LogP) is 4.73. The summed E-state index contributed by atoms with van der Waals surface area (Å²) in [5.74, 6) is -1.30. The lowest BCUT2D eigenvalue weighted by Gasteiger charge is -2.21. The molecule has 2 N–H and O–H groups in total. The minimum absolute atomic E-state index is 0.179. The normalized spacial score (nSPS) is 14.2. The molecular formula is C22H25ClN2O2. The van der Waals surface area contributed by atoms with Gasteiger partial charge in [-0.15, -0.1) is 0 Å². The van der Waals surface area contributed by atoms with E-state index in [1.807, 2.05) is 13.8 Å². The standard InChI is InChI=1S/C22H25ClN2O2/c1-3-19(17-9-8-15-6-4-5-7-16(15)13-17)24-21(26)22(27)25-20-11-10-18(23)12-14(20)2/h8-13,19H,3-7H2,1-2H3,(H,24,26)(H,25,27). The lowest BCUT2D eigenvalue weighted by Crippen LogP contribution is -2.37. The molecular weight excluding hydrogens is 360 g/mol. The summed E-state index contributed by atoms with van der Waals surface area (Å²) in [7, 11) is 0. The monoisotopic (exact) mass is 384 g/mol. The van der Waals surface area contributed by atoms with Gasteiger partial charge in [-0.25, -0.2) is 0 Å². The highest BCUT2D eigenvalue weighted by Crippen LogP contribution is 2.26. The first kappa shape index (κ1) is 19.4. The number of amides is 2. The number of fused-ring (bicyclic) bond motifs is 1. The lowest BCUT2D eigenvalue weighted by molar-refractivity contribution is -0.136. The van der Waals surface area contributed by atoms with E-state index in [4.69, 9.17) is 11.6 Å². The van der Waals surface area contributed by atoms with Crippen LogP contribution in [0.25, 0.3) is 0 Å². The van der Waals surface area contributed by atoms with E-state index in [2.05, 4.69) is 28.8 Å². The third kappa shape index (κ3) is 4.69. The van der Waals surface area contributed by atoms with Crippen LogP contribution in [0.5, 0.6) is 0 Å². The van der Waals surface area contributed by atoms with E-state index >= 15 is 0 Å². The molecule has 0 fully saturated rings. The van der Waals surface area contributed by atoms with Crippen molar-refractivity contribution in [3.05, 3.63) is 63.7 Å². The zero-order chi connectivity index (χ0) is 19.4. The Kier molecular flexibility index (Phi) is 6.17. The van der Waals surface area contributed by atoms with Gasteiger partial charge in [0.2, 0.25) is 0 Å². The van der Waals surface area contributed by atoms with Crippen molar-refractivity contribution in [1.82, 2.24) is 5.32 Å². The van der Waals surface area contributed by atoms with Crippen LogP contribution in [0.3, 0.4) is 0 Å². The number of halogens is 1. The van der Waals surface area contributed by atoms with Gasteiger partial charge in [-0.1, -0.05) is 36.7 Å². The van der Waals surface area contributed by atoms with Crippen LogP contribution in [-0.2, 0) is 22.4 Å². The molecule has 142 valence electrons. The van der Waals surface area contributed by atoms with Gasteiger partial charge in [-0.2, -0.15) is 0 Å². The molecule has 1 unspecified atom stereocenters. The molecule has 0 aromatic heterocycles. The van der Waals surface area contributed by atoms with Gasteiger partial charge in [0, 0.05) is 10.7 Å². The van der Waals surface area contributed by atoms with Crippen molar-refractivity contribution in [1.29, 1.82) is 0 Å². The second-order valence-corrected chi connectivity index (χ2v) is 7.52. The Morgan fingerprint density at radius 1 is 1.04 bits per heavy atom. The van der Waals surface area contributed by atoms with E-state index < -0.39 is 11.8 Å². The summed E-state index contributed by atoms with van der Waals surface area (Å²) in [5.41, 5.74) is 5.23. The minimum atomic E-state index is -0.670. The molecule has 1 aliphatic carbocycles. The molecule has 0 radical (unpaired) electrons. The fraction of sp³-hybridized carbons (Fsp3) is 0.364. The molecule has 3 rings (SSSR count). The third-order valence-corrected chi connectivity index (χ3v) is 5.37. The van der Waals surface area contributed by atoms with Gasteiger partial charge < -0.3 is 10.6 Å². The van der Waals surface area contributed by atoms with E-state index in [0.717, 1.165) is 30.4 Å². The van der Waals surface area contributed by atoms with Crippen LogP contribution in [0.4, 0.5) is 5.69 Å². The Morgan fingerprint density at radius 3 is 2.48 bits per heavy atom. The summed E-state index contributed by atoms with van der Waals surface area (Å²) in [6, 6.07) is 11.4. The Hall–Kier alpha value is -2.33. The third-order valence-electron chi connectivity index (χ3n) is 5.13. The smallest absolute Gasteiger partial charge is 0.313 e. The van der Waals surface area contributed by atoms with Crippen LogP contribution in [0, 0.1) is 6.92 Å². The van der Waals surface area contributed by atoms with Gasteiger partial charge in [-0.3, -0.25) is 9.59 Å². The molecule has 0 saturated carbocycles. The largest absolute Gasteiger partial charge is 0.341 e. The minimum Gasteiger partial charge on any atom is -0.341 e. The molecule has 27 heavy (non-hydrogen) atoms. The van der Waals surface area contributed by atoms with Crippen molar-refractivity contribution >= 4 is 29.1 Å². The van der Waals surface area contributed by atoms with E-state index in [1.165, 1.54) is 24.0 Å². The van der Waals surface area contributed by atoms with E-state index in [0.29, 0.717) is 10.7 Å². The molecule has 0 saturated heterocycles. The summed E-state index contributed by atoms with van der Waals surface area (Å²) >= 11 is 5.93. The molecule has 0 spiro atoms. The number of aryl methyl sites for hydroxylation is 3. The predicted molar refractivity (Wildman–Crippen MR) is 109 cm³/mol. The van der Waals surface area contributed by atoms with Crippen LogP contribution in [0.2, 0.25) is 5.02 Å². The zero-order valence-corrected chi connectivity index (χ0v) is 16.5. The Labute approximate surface area is 165 Å². The molecule has 2 aromatic rings. The van der Waals surface area contributed by atoms with Crippen molar-refractivity contribution in [2.24, 2.45) is 0 Å². The topological polar surface area (TPSA) is 58.2 Å². The molecule has 2 amide bonds. The number of carbonyl (C=O) groups excluding carboxylic acids is 2. The number of hydrogen-bond donors (Lipinski definition) is 2. The quantitative estimate of drug-likeness (QED) is 0.748. The highest BCUT2D eigenvalue weighted by Gasteiger charge is 2.20. The number of hydrogen-bond acceptors (Lipinski definition) is 2. The molecule has 2 aromatic carbocycles. The lowest BCUT2D eigenvalue weighted by atomic mass is 9.89. The number of anilines is 1. The van der Waals surface area contributed by atoms with Gasteiger partial charge in [0.05, 0.1) is 6.04 Å². The average Bonchev–Trinajstić information content (AvgIpc) is 2.67. The summed E-state index contributed by atoms with van der Waals surface area (Å²) in [6.45, 7) is 3.84. The molecule has 4 nitrogen and oxygen atoms in total. The van der Waals surface area contributed by atoms with E-state index in [-0.39, 0.29) is 6.04 Å². The van der Waals surface area contributed by atoms with Crippen LogP contribution < -0.4 is 10.6 Å². The van der Waals surface area contributed by atoms with Crippen molar-refractivity contribution in [3.63, 3.8) is 0 Å². The summed E-state index contributed by atoms with van der Waals surface area (Å²) in [4.78, 5) is 24.7. The second kappa shape index (κ2) is 8.57. The van der Waals surface area contributed by atoms with Crippen molar-refractivity contribution < 1.29 is 9.59 Å². The molecule has 1 atom stereocenters. The first-order valence-corrected chi connectivity index (χ1v) is 9.85. The van der Waals surface area contributed by atoms with Crippen molar-refractivity contribution in [2.45, 2.75) is 52.0 Å². The first-order valence-electron chi connectivity index (χ1n) is 9.47. The van der Waals surface area contributed by atoms with Gasteiger partial charge in [0.15, 0.2) is 0 Å². The van der Waals surface area contributed by atoms with E-state index in [1.54, 1.807) is 18.2 Å². The number of benzene rings is 2. The number of carbonyl (C=O) groups is 2. The maximum absolute atomic E-state index is 12.4. The van der Waals surface area contributed by atoms with Crippen LogP contribution >= 0.6 is 11.6 Å². The fourth-order valence-electron chi connectivity index (χ4n) is 3.56. The summed E-state index contributed by atoms with van der Waals surface area (Å²) in [6.07, 6.45) is 5.39. The average molecular weight is 385 g/mol. The SMILES string of the molecule is CCC(NC(=O)C(=O)Nc1ccc(Cl)cc1C)c1ccc2c(c1)CCCC2. The summed E-state index contributed by atoms with van der Waals surface area (Å²) in [5, 5.41) is 6.11.